The van der Waals surface area contributed by atoms with Gasteiger partial charge in [-0.1, -0.05) is 13.8 Å². The van der Waals surface area contributed by atoms with Crippen molar-refractivity contribution in [2.75, 3.05) is 33.7 Å². The average molecular weight is 226 g/mol. The van der Waals surface area contributed by atoms with E-state index in [1.54, 1.807) is 19.0 Å². The second-order valence-electron chi connectivity index (χ2n) is 5.66. The van der Waals surface area contributed by atoms with Crippen molar-refractivity contribution in [3.63, 3.8) is 0 Å². The van der Waals surface area contributed by atoms with Gasteiger partial charge < -0.3 is 14.6 Å². The molecule has 1 rings (SSSR count). The summed E-state index contributed by atoms with van der Waals surface area (Å²) < 4.78 is 0. The van der Waals surface area contributed by atoms with Gasteiger partial charge in [-0.3, -0.25) is 4.79 Å². The lowest BCUT2D eigenvalue weighted by Gasteiger charge is -2.42. The maximum atomic E-state index is 11.4. The summed E-state index contributed by atoms with van der Waals surface area (Å²) in [6, 6.07) is 0. The summed E-state index contributed by atoms with van der Waals surface area (Å²) in [5, 5.41) is 0. The molecule has 0 atom stereocenters. The number of carbonyl (C=O) groups excluding carboxylic acids is 2. The Labute approximate surface area is 97.6 Å². The molecule has 4 heteroatoms. The standard InChI is InChI=1S/C12H22N2O2/c1-12(2,9-15)8-14-6-10(7-14)5-11(16)13(3)4/h9-10H,5-8H2,1-4H3. The first-order valence-electron chi connectivity index (χ1n) is 5.73. The molecule has 0 unspecified atom stereocenters. The number of rotatable bonds is 5. The first-order valence-corrected chi connectivity index (χ1v) is 5.73. The summed E-state index contributed by atoms with van der Waals surface area (Å²) in [5.74, 6) is 0.664. The zero-order valence-corrected chi connectivity index (χ0v) is 10.7. The first kappa shape index (κ1) is 13.2. The largest absolute Gasteiger partial charge is 0.349 e. The van der Waals surface area contributed by atoms with Crippen LogP contribution in [0.2, 0.25) is 0 Å². The third-order valence-electron chi connectivity index (χ3n) is 2.95. The Hall–Kier alpha value is -0.900. The highest BCUT2D eigenvalue weighted by atomic mass is 16.2. The molecular weight excluding hydrogens is 204 g/mol. The molecule has 92 valence electrons. The van der Waals surface area contributed by atoms with Gasteiger partial charge in [0, 0.05) is 45.6 Å². The van der Waals surface area contributed by atoms with Crippen LogP contribution in [0.3, 0.4) is 0 Å². The molecule has 1 aliphatic rings. The fourth-order valence-electron chi connectivity index (χ4n) is 1.98. The van der Waals surface area contributed by atoms with Crippen LogP contribution >= 0.6 is 0 Å². The molecule has 0 N–H and O–H groups in total. The van der Waals surface area contributed by atoms with E-state index in [-0.39, 0.29) is 11.3 Å². The second-order valence-corrected chi connectivity index (χ2v) is 5.66. The second kappa shape index (κ2) is 4.95. The molecule has 0 aromatic heterocycles. The van der Waals surface area contributed by atoms with E-state index in [0.29, 0.717) is 12.3 Å². The van der Waals surface area contributed by atoms with Crippen LogP contribution in [0.1, 0.15) is 20.3 Å². The Kier molecular flexibility index (Phi) is 4.08. The molecule has 1 amide bonds. The Bertz CT molecular complexity index is 268. The fourth-order valence-corrected chi connectivity index (χ4v) is 1.98. The minimum absolute atomic E-state index is 0.194. The molecule has 1 saturated heterocycles. The SMILES string of the molecule is CN(C)C(=O)CC1CN(CC(C)(C)C=O)C1. The van der Waals surface area contributed by atoms with Crippen molar-refractivity contribution in [1.82, 2.24) is 9.80 Å². The molecule has 1 heterocycles. The highest BCUT2D eigenvalue weighted by Gasteiger charge is 2.32. The van der Waals surface area contributed by atoms with E-state index in [4.69, 9.17) is 0 Å². The molecule has 0 radical (unpaired) electrons. The Morgan fingerprint density at radius 3 is 2.44 bits per heavy atom. The van der Waals surface area contributed by atoms with Gasteiger partial charge in [0.15, 0.2) is 0 Å². The van der Waals surface area contributed by atoms with Crippen LogP contribution in [-0.2, 0) is 9.59 Å². The number of likely N-dealkylation sites (tertiary alicyclic amines) is 1. The molecule has 1 aliphatic heterocycles. The van der Waals surface area contributed by atoms with Crippen molar-refractivity contribution in [2.24, 2.45) is 11.3 Å². The number of nitrogens with zero attached hydrogens (tertiary/aromatic N) is 2. The number of carbonyl (C=O) groups is 2. The lowest BCUT2D eigenvalue weighted by molar-refractivity contribution is -0.131. The van der Waals surface area contributed by atoms with E-state index >= 15 is 0 Å². The third-order valence-corrected chi connectivity index (χ3v) is 2.95. The van der Waals surface area contributed by atoms with Gasteiger partial charge in [-0.2, -0.15) is 0 Å². The monoisotopic (exact) mass is 226 g/mol. The lowest BCUT2D eigenvalue weighted by atomic mass is 9.89. The van der Waals surface area contributed by atoms with Crippen molar-refractivity contribution in [1.29, 1.82) is 0 Å². The van der Waals surface area contributed by atoms with E-state index in [1.165, 1.54) is 0 Å². The van der Waals surface area contributed by atoms with E-state index in [9.17, 15) is 9.59 Å². The van der Waals surface area contributed by atoms with Crippen molar-refractivity contribution in [3.05, 3.63) is 0 Å². The van der Waals surface area contributed by atoms with Crippen LogP contribution in [0.15, 0.2) is 0 Å². The zero-order chi connectivity index (χ0) is 12.3. The smallest absolute Gasteiger partial charge is 0.222 e. The Balaban J connectivity index is 2.23. The predicted octanol–water partition coefficient (Wildman–Crippen LogP) is 0.622. The lowest BCUT2D eigenvalue weighted by Crippen LogP contribution is -2.51. The van der Waals surface area contributed by atoms with Gasteiger partial charge in [0.2, 0.25) is 5.91 Å². The van der Waals surface area contributed by atoms with Crippen molar-refractivity contribution < 1.29 is 9.59 Å². The summed E-state index contributed by atoms with van der Waals surface area (Å²) in [4.78, 5) is 26.1. The van der Waals surface area contributed by atoms with Crippen LogP contribution in [0, 0.1) is 11.3 Å². The topological polar surface area (TPSA) is 40.6 Å². The van der Waals surface area contributed by atoms with Crippen molar-refractivity contribution >= 4 is 12.2 Å². The van der Waals surface area contributed by atoms with Crippen LogP contribution in [-0.4, -0.2) is 55.7 Å². The maximum Gasteiger partial charge on any atom is 0.222 e. The van der Waals surface area contributed by atoms with Gasteiger partial charge in [-0.25, -0.2) is 0 Å². The molecule has 4 nitrogen and oxygen atoms in total. The summed E-state index contributed by atoms with van der Waals surface area (Å²) in [6.45, 7) is 6.56. The molecular formula is C12H22N2O2. The normalized spacial score (nSPS) is 18.0. The van der Waals surface area contributed by atoms with Gasteiger partial charge in [0.05, 0.1) is 0 Å². The minimum Gasteiger partial charge on any atom is -0.349 e. The summed E-state index contributed by atoms with van der Waals surface area (Å²) >= 11 is 0. The number of hydrogen-bond acceptors (Lipinski definition) is 3. The summed E-state index contributed by atoms with van der Waals surface area (Å²) in [7, 11) is 3.57. The molecule has 0 saturated carbocycles. The van der Waals surface area contributed by atoms with Crippen LogP contribution in [0.5, 0.6) is 0 Å². The van der Waals surface area contributed by atoms with Crippen LogP contribution in [0.4, 0.5) is 0 Å². The van der Waals surface area contributed by atoms with Gasteiger partial charge in [0.1, 0.15) is 6.29 Å². The summed E-state index contributed by atoms with van der Waals surface area (Å²) in [5.41, 5.74) is -0.267. The first-order chi connectivity index (χ1) is 7.34. The van der Waals surface area contributed by atoms with Crippen LogP contribution in [0.25, 0.3) is 0 Å². The van der Waals surface area contributed by atoms with Gasteiger partial charge in [-0.05, 0) is 5.92 Å². The van der Waals surface area contributed by atoms with Crippen LogP contribution < -0.4 is 0 Å². The highest BCUT2D eigenvalue weighted by Crippen LogP contribution is 2.24. The Morgan fingerprint density at radius 1 is 1.44 bits per heavy atom. The van der Waals surface area contributed by atoms with Gasteiger partial charge >= 0.3 is 0 Å². The number of amides is 1. The van der Waals surface area contributed by atoms with E-state index in [2.05, 4.69) is 4.90 Å². The highest BCUT2D eigenvalue weighted by molar-refractivity contribution is 5.75. The molecule has 1 fully saturated rings. The predicted molar refractivity (Wildman–Crippen MR) is 63.1 cm³/mol. The van der Waals surface area contributed by atoms with Gasteiger partial charge in [0.25, 0.3) is 0 Å². The van der Waals surface area contributed by atoms with Crippen molar-refractivity contribution in [2.45, 2.75) is 20.3 Å². The third kappa shape index (κ3) is 3.59. The number of hydrogen-bond donors (Lipinski definition) is 0. The molecule has 0 spiro atoms. The van der Waals surface area contributed by atoms with E-state index in [1.807, 2.05) is 13.8 Å². The van der Waals surface area contributed by atoms with Crippen molar-refractivity contribution in [3.8, 4) is 0 Å². The zero-order valence-electron chi connectivity index (χ0n) is 10.7. The van der Waals surface area contributed by atoms with Gasteiger partial charge in [-0.15, -0.1) is 0 Å². The number of aldehydes is 1. The molecule has 0 aromatic carbocycles. The van der Waals surface area contributed by atoms with E-state index in [0.717, 1.165) is 25.9 Å². The summed E-state index contributed by atoms with van der Waals surface area (Å²) in [6.07, 6.45) is 1.64. The fraction of sp³-hybridized carbons (Fsp3) is 0.833. The quantitative estimate of drug-likeness (QED) is 0.645. The maximum absolute atomic E-state index is 11.4. The Morgan fingerprint density at radius 2 is 2.00 bits per heavy atom. The van der Waals surface area contributed by atoms with E-state index < -0.39 is 0 Å². The average Bonchev–Trinajstić information content (AvgIpc) is 2.14. The molecule has 0 aromatic rings. The molecule has 16 heavy (non-hydrogen) atoms. The molecule has 0 aliphatic carbocycles. The molecule has 0 bridgehead atoms. The minimum atomic E-state index is -0.267.